The molecule has 0 unspecified atom stereocenters. The summed E-state index contributed by atoms with van der Waals surface area (Å²) in [7, 11) is 1.16. The molecule has 2 N–H and O–H groups in total. The van der Waals surface area contributed by atoms with E-state index in [1.807, 2.05) is 0 Å². The Morgan fingerprint density at radius 2 is 2.00 bits per heavy atom. The topological polar surface area (TPSA) is 114 Å². The van der Waals surface area contributed by atoms with Gasteiger partial charge in [0.2, 0.25) is 5.43 Å². The van der Waals surface area contributed by atoms with Crippen LogP contribution in [0, 0.1) is 0 Å². The Bertz CT molecular complexity index is 1160. The van der Waals surface area contributed by atoms with Crippen molar-refractivity contribution < 1.29 is 9.53 Å². The molecule has 0 spiro atoms. The fourth-order valence-electron chi connectivity index (χ4n) is 2.52. The summed E-state index contributed by atoms with van der Waals surface area (Å²) in [5, 5.41) is 2.55. The standard InChI is InChI=1S/C15H12ClN3O5/c1-6(15(23)24-2)19-14(22)10-11(13(21)18-19)17-9-5-7(16)3-4-8(9)12(10)20/h3-6H,1-2H3,(H,17,20)(H,18,21)/t6-/m1/s1. The molecule has 124 valence electrons. The van der Waals surface area contributed by atoms with Crippen LogP contribution in [0.2, 0.25) is 5.02 Å². The van der Waals surface area contributed by atoms with Crippen LogP contribution >= 0.6 is 11.6 Å². The van der Waals surface area contributed by atoms with Gasteiger partial charge in [-0.2, -0.15) is 0 Å². The molecule has 0 saturated heterocycles. The zero-order chi connectivity index (χ0) is 17.6. The summed E-state index contributed by atoms with van der Waals surface area (Å²) in [5.74, 6) is -0.726. The Hall–Kier alpha value is -2.87. The molecule has 0 aliphatic heterocycles. The third kappa shape index (κ3) is 2.31. The minimum absolute atomic E-state index is 0.173. The molecule has 0 amide bonds. The quantitative estimate of drug-likeness (QED) is 0.527. The molecule has 0 bridgehead atoms. The van der Waals surface area contributed by atoms with Crippen molar-refractivity contribution in [2.45, 2.75) is 13.0 Å². The Balaban J connectivity index is 2.48. The van der Waals surface area contributed by atoms with Gasteiger partial charge in [0, 0.05) is 10.4 Å². The maximum absolute atomic E-state index is 12.6. The lowest BCUT2D eigenvalue weighted by Gasteiger charge is -2.13. The van der Waals surface area contributed by atoms with E-state index in [9.17, 15) is 19.2 Å². The molecule has 2 heterocycles. The fourth-order valence-corrected chi connectivity index (χ4v) is 2.69. The summed E-state index contributed by atoms with van der Waals surface area (Å²) in [4.78, 5) is 51.9. The lowest BCUT2D eigenvalue weighted by molar-refractivity contribution is -0.144. The predicted octanol–water partition coefficient (Wildman–Crippen LogP) is 0.919. The van der Waals surface area contributed by atoms with Crippen LogP contribution in [-0.4, -0.2) is 27.8 Å². The van der Waals surface area contributed by atoms with E-state index >= 15 is 0 Å². The number of nitrogens with one attached hydrogen (secondary N) is 2. The number of fused-ring (bicyclic) bond motifs is 2. The van der Waals surface area contributed by atoms with E-state index in [1.54, 1.807) is 0 Å². The number of nitrogens with zero attached hydrogens (tertiary/aromatic N) is 1. The van der Waals surface area contributed by atoms with Crippen molar-refractivity contribution in [2.75, 3.05) is 7.11 Å². The van der Waals surface area contributed by atoms with Gasteiger partial charge in [-0.3, -0.25) is 19.5 Å². The van der Waals surface area contributed by atoms with Crippen LogP contribution in [0.25, 0.3) is 21.8 Å². The van der Waals surface area contributed by atoms with Crippen molar-refractivity contribution >= 4 is 39.4 Å². The molecule has 9 heteroatoms. The lowest BCUT2D eigenvalue weighted by Crippen LogP contribution is -2.38. The zero-order valence-corrected chi connectivity index (χ0v) is 13.4. The van der Waals surface area contributed by atoms with E-state index in [2.05, 4.69) is 14.8 Å². The van der Waals surface area contributed by atoms with Crippen LogP contribution in [0.5, 0.6) is 0 Å². The smallest absolute Gasteiger partial charge is 0.330 e. The van der Waals surface area contributed by atoms with Gasteiger partial charge >= 0.3 is 5.97 Å². The van der Waals surface area contributed by atoms with Gasteiger partial charge in [0.25, 0.3) is 11.1 Å². The second-order valence-electron chi connectivity index (χ2n) is 5.21. The van der Waals surface area contributed by atoms with Gasteiger partial charge in [-0.1, -0.05) is 11.6 Å². The van der Waals surface area contributed by atoms with E-state index in [1.165, 1.54) is 25.1 Å². The lowest BCUT2D eigenvalue weighted by atomic mass is 10.1. The van der Waals surface area contributed by atoms with E-state index in [-0.39, 0.29) is 16.3 Å². The highest BCUT2D eigenvalue weighted by molar-refractivity contribution is 6.31. The molecule has 0 aliphatic rings. The third-order valence-corrected chi connectivity index (χ3v) is 4.01. The summed E-state index contributed by atoms with van der Waals surface area (Å²) < 4.78 is 5.35. The summed E-state index contributed by atoms with van der Waals surface area (Å²) in [6.45, 7) is 1.38. The Kier molecular flexibility index (Phi) is 3.76. The second kappa shape index (κ2) is 5.64. The molecule has 0 radical (unpaired) electrons. The average molecular weight is 350 g/mol. The fraction of sp³-hybridized carbons (Fsp3) is 0.200. The maximum Gasteiger partial charge on any atom is 0.330 e. The van der Waals surface area contributed by atoms with Gasteiger partial charge in [0.15, 0.2) is 0 Å². The first-order chi connectivity index (χ1) is 11.3. The average Bonchev–Trinajstić information content (AvgIpc) is 2.56. The van der Waals surface area contributed by atoms with Crippen molar-refractivity contribution in [3.8, 4) is 0 Å². The number of benzene rings is 1. The van der Waals surface area contributed by atoms with Gasteiger partial charge < -0.3 is 9.72 Å². The van der Waals surface area contributed by atoms with Gasteiger partial charge in [-0.15, -0.1) is 0 Å². The first-order valence-electron chi connectivity index (χ1n) is 6.93. The summed E-state index contributed by atoms with van der Waals surface area (Å²) in [6.07, 6.45) is 0. The second-order valence-corrected chi connectivity index (χ2v) is 5.65. The number of hydrogen-bond acceptors (Lipinski definition) is 5. The monoisotopic (exact) mass is 349 g/mol. The van der Waals surface area contributed by atoms with E-state index in [0.717, 1.165) is 11.8 Å². The molecule has 0 fully saturated rings. The van der Waals surface area contributed by atoms with Crippen LogP contribution in [0.3, 0.4) is 0 Å². The summed E-state index contributed by atoms with van der Waals surface area (Å²) in [6, 6.07) is 3.37. The SMILES string of the molecule is COC(=O)[C@@H](C)n1[nH]c(=O)c2[nH]c3cc(Cl)ccc3c(=O)c2c1=O. The molecule has 24 heavy (non-hydrogen) atoms. The van der Waals surface area contributed by atoms with Crippen molar-refractivity contribution in [3.63, 3.8) is 0 Å². The van der Waals surface area contributed by atoms with Crippen LogP contribution in [0.15, 0.2) is 32.6 Å². The number of rotatable bonds is 2. The zero-order valence-electron chi connectivity index (χ0n) is 12.7. The molecule has 3 rings (SSSR count). The van der Waals surface area contributed by atoms with Crippen LogP contribution in [-0.2, 0) is 9.53 Å². The number of halogens is 1. The number of pyridine rings is 1. The third-order valence-electron chi connectivity index (χ3n) is 3.77. The normalized spacial score (nSPS) is 12.5. The van der Waals surface area contributed by atoms with Crippen molar-refractivity contribution in [1.82, 2.24) is 14.8 Å². The Morgan fingerprint density at radius 3 is 2.67 bits per heavy atom. The number of methoxy groups -OCH3 is 1. The highest BCUT2D eigenvalue weighted by atomic mass is 35.5. The van der Waals surface area contributed by atoms with E-state index < -0.39 is 28.6 Å². The number of ether oxygens (including phenoxy) is 1. The van der Waals surface area contributed by atoms with Crippen LogP contribution in [0.1, 0.15) is 13.0 Å². The van der Waals surface area contributed by atoms with Crippen molar-refractivity contribution in [1.29, 1.82) is 0 Å². The van der Waals surface area contributed by atoms with Gasteiger partial charge in [-0.05, 0) is 25.1 Å². The molecule has 3 aromatic rings. The molecule has 1 atom stereocenters. The Morgan fingerprint density at radius 1 is 1.29 bits per heavy atom. The number of esters is 1. The predicted molar refractivity (Wildman–Crippen MR) is 88.7 cm³/mol. The van der Waals surface area contributed by atoms with Gasteiger partial charge in [0.05, 0.1) is 12.6 Å². The highest BCUT2D eigenvalue weighted by Crippen LogP contribution is 2.16. The summed E-state index contributed by atoms with van der Waals surface area (Å²) in [5.41, 5.74) is -1.95. The minimum atomic E-state index is -1.08. The van der Waals surface area contributed by atoms with Crippen LogP contribution in [0.4, 0.5) is 0 Å². The van der Waals surface area contributed by atoms with Crippen molar-refractivity contribution in [3.05, 3.63) is 54.2 Å². The van der Waals surface area contributed by atoms with Gasteiger partial charge in [0.1, 0.15) is 16.9 Å². The first kappa shape index (κ1) is 16.0. The number of H-pyrrole nitrogens is 2. The number of carbonyl (C=O) groups excluding carboxylic acids is 1. The largest absolute Gasteiger partial charge is 0.467 e. The van der Waals surface area contributed by atoms with Crippen LogP contribution < -0.4 is 16.5 Å². The van der Waals surface area contributed by atoms with E-state index in [4.69, 9.17) is 11.6 Å². The maximum atomic E-state index is 12.6. The molecular formula is C15H12ClN3O5. The Labute approximate surface area is 138 Å². The molecule has 2 aromatic heterocycles. The number of hydrogen-bond donors (Lipinski definition) is 2. The molecule has 0 aliphatic carbocycles. The number of aromatic amines is 2. The summed E-state index contributed by atoms with van der Waals surface area (Å²) >= 11 is 5.89. The minimum Gasteiger partial charge on any atom is -0.467 e. The molecule has 0 saturated carbocycles. The number of carbonyl (C=O) groups is 1. The first-order valence-corrected chi connectivity index (χ1v) is 7.31. The molecule has 8 nitrogen and oxygen atoms in total. The highest BCUT2D eigenvalue weighted by Gasteiger charge is 2.21. The van der Waals surface area contributed by atoms with Gasteiger partial charge in [-0.25, -0.2) is 9.48 Å². The molecular weight excluding hydrogens is 338 g/mol. The van der Waals surface area contributed by atoms with E-state index in [0.29, 0.717) is 10.5 Å². The van der Waals surface area contributed by atoms with Crippen molar-refractivity contribution in [2.24, 2.45) is 0 Å². The number of aromatic nitrogens is 3. The molecule has 1 aromatic carbocycles.